The number of aliphatic hydroxyl groups excluding tert-OH is 1. The highest BCUT2D eigenvalue weighted by molar-refractivity contribution is 5.53. The van der Waals surface area contributed by atoms with Crippen molar-refractivity contribution in [3.63, 3.8) is 0 Å². The zero-order valence-electron chi connectivity index (χ0n) is 15.1. The van der Waals surface area contributed by atoms with Crippen LogP contribution in [0.5, 0.6) is 17.2 Å². The molecule has 0 bridgehead atoms. The number of methoxy groups -OCH3 is 3. The van der Waals surface area contributed by atoms with Crippen LogP contribution in [0.3, 0.4) is 0 Å². The van der Waals surface area contributed by atoms with Crippen molar-refractivity contribution in [3.05, 3.63) is 17.7 Å². The monoisotopic (exact) mass is 338 g/mol. The zero-order valence-corrected chi connectivity index (χ0v) is 15.1. The summed E-state index contributed by atoms with van der Waals surface area (Å²) in [5.41, 5.74) is 1.17. The van der Waals surface area contributed by atoms with Gasteiger partial charge in [0.2, 0.25) is 5.75 Å². The average Bonchev–Trinajstić information content (AvgIpc) is 2.62. The molecule has 0 saturated carbocycles. The predicted octanol–water partition coefficient (Wildman–Crippen LogP) is 1.60. The summed E-state index contributed by atoms with van der Waals surface area (Å²) in [7, 11) is 4.91. The van der Waals surface area contributed by atoms with Crippen molar-refractivity contribution in [2.45, 2.75) is 19.4 Å². The molecule has 2 rings (SSSR count). The van der Waals surface area contributed by atoms with Crippen molar-refractivity contribution >= 4 is 0 Å². The second-order valence-electron chi connectivity index (χ2n) is 6.08. The zero-order chi connectivity index (χ0) is 17.4. The number of benzene rings is 1. The van der Waals surface area contributed by atoms with E-state index < -0.39 is 0 Å². The first-order valence-corrected chi connectivity index (χ1v) is 8.56. The number of hydrogen-bond donors (Lipinski definition) is 1. The van der Waals surface area contributed by atoms with Crippen LogP contribution >= 0.6 is 0 Å². The molecule has 1 N–H and O–H groups in total. The van der Waals surface area contributed by atoms with Crippen molar-refractivity contribution in [3.8, 4) is 17.2 Å². The van der Waals surface area contributed by atoms with Gasteiger partial charge in [0, 0.05) is 39.3 Å². The second kappa shape index (κ2) is 9.71. The molecule has 0 aromatic heterocycles. The number of nitrogens with zero attached hydrogens (tertiary/aromatic N) is 2. The molecule has 0 radical (unpaired) electrons. The van der Waals surface area contributed by atoms with Crippen LogP contribution in [-0.2, 0) is 6.54 Å². The van der Waals surface area contributed by atoms with E-state index in [1.165, 1.54) is 5.56 Å². The lowest BCUT2D eigenvalue weighted by atomic mass is 10.1. The van der Waals surface area contributed by atoms with Gasteiger partial charge in [0.15, 0.2) is 11.5 Å². The maximum atomic E-state index is 8.87. The van der Waals surface area contributed by atoms with Crippen LogP contribution in [0.15, 0.2) is 12.1 Å². The fraction of sp³-hybridized carbons (Fsp3) is 0.667. The van der Waals surface area contributed by atoms with Crippen molar-refractivity contribution in [1.29, 1.82) is 0 Å². The van der Waals surface area contributed by atoms with Gasteiger partial charge in [-0.1, -0.05) is 0 Å². The van der Waals surface area contributed by atoms with Crippen LogP contribution in [-0.4, -0.2) is 75.6 Å². The van der Waals surface area contributed by atoms with E-state index >= 15 is 0 Å². The number of hydrogen-bond acceptors (Lipinski definition) is 6. The van der Waals surface area contributed by atoms with Crippen LogP contribution in [0.25, 0.3) is 0 Å². The van der Waals surface area contributed by atoms with Crippen LogP contribution in [0.1, 0.15) is 18.4 Å². The van der Waals surface area contributed by atoms with Gasteiger partial charge < -0.3 is 24.2 Å². The van der Waals surface area contributed by atoms with E-state index in [4.69, 9.17) is 19.3 Å². The Bertz CT molecular complexity index is 477. The minimum atomic E-state index is 0.293. The number of aliphatic hydroxyl groups is 1. The number of piperazine rings is 1. The molecular weight excluding hydrogens is 308 g/mol. The van der Waals surface area contributed by atoms with E-state index in [-0.39, 0.29) is 0 Å². The fourth-order valence-corrected chi connectivity index (χ4v) is 3.10. The third-order valence-electron chi connectivity index (χ3n) is 4.48. The Balaban J connectivity index is 1.92. The third kappa shape index (κ3) is 5.00. The van der Waals surface area contributed by atoms with Gasteiger partial charge in [0.05, 0.1) is 21.3 Å². The minimum Gasteiger partial charge on any atom is -0.493 e. The molecule has 1 aliphatic heterocycles. The van der Waals surface area contributed by atoms with E-state index in [9.17, 15) is 0 Å². The summed E-state index contributed by atoms with van der Waals surface area (Å²) < 4.78 is 16.2. The van der Waals surface area contributed by atoms with Crippen molar-refractivity contribution in [1.82, 2.24) is 9.80 Å². The normalized spacial score (nSPS) is 16.2. The molecule has 6 heteroatoms. The summed E-state index contributed by atoms with van der Waals surface area (Å²) in [5.74, 6) is 2.04. The average molecular weight is 338 g/mol. The fourth-order valence-electron chi connectivity index (χ4n) is 3.10. The van der Waals surface area contributed by atoms with Gasteiger partial charge in [-0.2, -0.15) is 0 Å². The number of ether oxygens (including phenoxy) is 3. The summed E-state index contributed by atoms with van der Waals surface area (Å²) in [6.07, 6.45) is 1.97. The van der Waals surface area contributed by atoms with Gasteiger partial charge in [-0.25, -0.2) is 0 Å². The van der Waals surface area contributed by atoms with Crippen LogP contribution < -0.4 is 14.2 Å². The molecule has 6 nitrogen and oxygen atoms in total. The quantitative estimate of drug-likeness (QED) is 0.691. The first-order valence-electron chi connectivity index (χ1n) is 8.56. The molecular formula is C18H30N2O4. The van der Waals surface area contributed by atoms with E-state index in [2.05, 4.69) is 9.80 Å². The van der Waals surface area contributed by atoms with Crippen molar-refractivity contribution in [2.75, 3.05) is 60.7 Å². The largest absolute Gasteiger partial charge is 0.493 e. The van der Waals surface area contributed by atoms with E-state index in [1.54, 1.807) is 21.3 Å². The topological polar surface area (TPSA) is 54.4 Å². The highest BCUT2D eigenvalue weighted by atomic mass is 16.5. The first kappa shape index (κ1) is 18.8. The summed E-state index contributed by atoms with van der Waals surface area (Å²) in [5, 5.41) is 8.87. The van der Waals surface area contributed by atoms with Crippen LogP contribution in [0.4, 0.5) is 0 Å². The molecule has 0 unspecified atom stereocenters. The maximum Gasteiger partial charge on any atom is 0.203 e. The Labute approximate surface area is 144 Å². The van der Waals surface area contributed by atoms with Crippen LogP contribution in [0.2, 0.25) is 0 Å². The van der Waals surface area contributed by atoms with Gasteiger partial charge >= 0.3 is 0 Å². The van der Waals surface area contributed by atoms with E-state index in [1.807, 2.05) is 12.1 Å². The molecule has 0 amide bonds. The number of rotatable bonds is 9. The van der Waals surface area contributed by atoms with Gasteiger partial charge in [-0.15, -0.1) is 0 Å². The molecule has 1 aromatic carbocycles. The van der Waals surface area contributed by atoms with Crippen LogP contribution in [0, 0.1) is 0 Å². The molecule has 1 aromatic rings. The van der Waals surface area contributed by atoms with Gasteiger partial charge in [0.1, 0.15) is 0 Å². The molecule has 0 atom stereocenters. The highest BCUT2D eigenvalue weighted by Crippen LogP contribution is 2.38. The Morgan fingerprint density at radius 2 is 1.46 bits per heavy atom. The molecule has 136 valence electrons. The number of unbranched alkanes of at least 4 members (excludes halogenated alkanes) is 1. The van der Waals surface area contributed by atoms with Gasteiger partial charge in [0.25, 0.3) is 0 Å². The first-order chi connectivity index (χ1) is 11.7. The summed E-state index contributed by atoms with van der Waals surface area (Å²) in [6.45, 7) is 6.51. The standard InChI is InChI=1S/C18H30N2O4/c1-22-16-12-15(13-17(23-2)18(16)24-3)14-20-9-7-19(8-10-20)6-4-5-11-21/h12-13,21H,4-11,14H2,1-3H3. The molecule has 1 saturated heterocycles. The Hall–Kier alpha value is -1.50. The van der Waals surface area contributed by atoms with Crippen molar-refractivity contribution in [2.24, 2.45) is 0 Å². The predicted molar refractivity (Wildman–Crippen MR) is 94.1 cm³/mol. The lowest BCUT2D eigenvalue weighted by molar-refractivity contribution is 0.123. The van der Waals surface area contributed by atoms with Gasteiger partial charge in [-0.3, -0.25) is 4.90 Å². The second-order valence-corrected chi connectivity index (χ2v) is 6.08. The van der Waals surface area contributed by atoms with E-state index in [0.717, 1.165) is 52.1 Å². The Kier molecular flexibility index (Phi) is 7.62. The Morgan fingerprint density at radius 1 is 0.875 bits per heavy atom. The molecule has 24 heavy (non-hydrogen) atoms. The molecule has 1 heterocycles. The SMILES string of the molecule is COc1cc(CN2CCN(CCCCO)CC2)cc(OC)c1OC. The third-order valence-corrected chi connectivity index (χ3v) is 4.48. The molecule has 1 fully saturated rings. The smallest absolute Gasteiger partial charge is 0.203 e. The summed E-state index contributed by atoms with van der Waals surface area (Å²) in [6, 6.07) is 4.05. The lowest BCUT2D eigenvalue weighted by Gasteiger charge is -2.34. The highest BCUT2D eigenvalue weighted by Gasteiger charge is 2.19. The molecule has 1 aliphatic rings. The lowest BCUT2D eigenvalue weighted by Crippen LogP contribution is -2.46. The van der Waals surface area contributed by atoms with E-state index in [0.29, 0.717) is 23.9 Å². The maximum absolute atomic E-state index is 8.87. The summed E-state index contributed by atoms with van der Waals surface area (Å²) >= 11 is 0. The minimum absolute atomic E-state index is 0.293. The Morgan fingerprint density at radius 3 is 1.96 bits per heavy atom. The van der Waals surface area contributed by atoms with Gasteiger partial charge in [-0.05, 0) is 37.1 Å². The molecule has 0 aliphatic carbocycles. The summed E-state index contributed by atoms with van der Waals surface area (Å²) in [4.78, 5) is 4.92. The molecule has 0 spiro atoms. The van der Waals surface area contributed by atoms with Crippen molar-refractivity contribution < 1.29 is 19.3 Å².